The van der Waals surface area contributed by atoms with Crippen LogP contribution in [0.1, 0.15) is 47.3 Å². The molecule has 0 unspecified atom stereocenters. The Bertz CT molecular complexity index is 1140. The molecule has 1 amide bonds. The third kappa shape index (κ3) is 4.15. The van der Waals surface area contributed by atoms with Crippen LogP contribution in [0.15, 0.2) is 65.1 Å². The van der Waals surface area contributed by atoms with Gasteiger partial charge in [0, 0.05) is 24.7 Å². The average Bonchev–Trinajstić information content (AvgIpc) is 3.39. The van der Waals surface area contributed by atoms with Gasteiger partial charge in [0.2, 0.25) is 5.89 Å². The van der Waals surface area contributed by atoms with Crippen LogP contribution < -0.4 is 5.32 Å². The zero-order valence-corrected chi connectivity index (χ0v) is 17.2. The second-order valence-corrected chi connectivity index (χ2v) is 7.36. The van der Waals surface area contributed by atoms with Crippen molar-refractivity contribution in [1.82, 2.24) is 25.3 Å². The van der Waals surface area contributed by atoms with E-state index in [0.29, 0.717) is 29.6 Å². The van der Waals surface area contributed by atoms with Crippen LogP contribution >= 0.6 is 0 Å². The molecule has 0 saturated heterocycles. The summed E-state index contributed by atoms with van der Waals surface area (Å²) in [7, 11) is 0. The summed E-state index contributed by atoms with van der Waals surface area (Å²) in [5, 5.41) is 15.5. The van der Waals surface area contributed by atoms with Crippen LogP contribution in [0.5, 0.6) is 0 Å². The lowest BCUT2D eigenvalue weighted by atomic mass is 10.1. The van der Waals surface area contributed by atoms with Crippen molar-refractivity contribution in [2.45, 2.75) is 33.2 Å². The van der Waals surface area contributed by atoms with Gasteiger partial charge in [-0.15, -0.1) is 10.2 Å². The first-order valence-corrected chi connectivity index (χ1v) is 9.84. The molecule has 7 nitrogen and oxygen atoms in total. The van der Waals surface area contributed by atoms with Crippen LogP contribution in [0.4, 0.5) is 0 Å². The average molecular weight is 401 g/mol. The highest BCUT2D eigenvalue weighted by Crippen LogP contribution is 2.25. The number of carbonyl (C=O) groups excluding carboxylic acids is 1. The number of nitrogens with one attached hydrogen (secondary N) is 1. The van der Waals surface area contributed by atoms with E-state index >= 15 is 0 Å². The highest BCUT2D eigenvalue weighted by molar-refractivity contribution is 5.94. The van der Waals surface area contributed by atoms with Crippen LogP contribution in [0.3, 0.4) is 0 Å². The summed E-state index contributed by atoms with van der Waals surface area (Å²) in [6.45, 7) is 6.44. The zero-order chi connectivity index (χ0) is 21.1. The lowest BCUT2D eigenvalue weighted by Gasteiger charge is -2.11. The van der Waals surface area contributed by atoms with E-state index in [4.69, 9.17) is 4.42 Å². The van der Waals surface area contributed by atoms with E-state index in [1.807, 2.05) is 53.2 Å². The van der Waals surface area contributed by atoms with Crippen LogP contribution in [0, 0.1) is 6.92 Å². The van der Waals surface area contributed by atoms with Gasteiger partial charge in [0.05, 0.1) is 5.69 Å². The van der Waals surface area contributed by atoms with Gasteiger partial charge in [-0.3, -0.25) is 4.79 Å². The summed E-state index contributed by atoms with van der Waals surface area (Å²) >= 11 is 0. The van der Waals surface area contributed by atoms with Crippen LogP contribution in [-0.2, 0) is 6.54 Å². The number of rotatable bonds is 6. The molecule has 1 N–H and O–H groups in total. The van der Waals surface area contributed by atoms with E-state index in [0.717, 1.165) is 16.9 Å². The molecule has 7 heteroatoms. The Hall–Kier alpha value is -3.74. The number of carbonyl (C=O) groups is 1. The van der Waals surface area contributed by atoms with Gasteiger partial charge in [0.25, 0.3) is 11.8 Å². The van der Waals surface area contributed by atoms with E-state index < -0.39 is 0 Å². The third-order valence-corrected chi connectivity index (χ3v) is 4.74. The van der Waals surface area contributed by atoms with Gasteiger partial charge in [-0.1, -0.05) is 44.2 Å². The Labute approximate surface area is 174 Å². The Kier molecular flexibility index (Phi) is 5.43. The van der Waals surface area contributed by atoms with Crippen molar-refractivity contribution < 1.29 is 9.21 Å². The van der Waals surface area contributed by atoms with Crippen LogP contribution in [-0.4, -0.2) is 25.9 Å². The number of aryl methyl sites for hydroxylation is 1. The Morgan fingerprint density at radius 2 is 1.80 bits per heavy atom. The summed E-state index contributed by atoms with van der Waals surface area (Å²) in [4.78, 5) is 12.5. The predicted octanol–water partition coefficient (Wildman–Crippen LogP) is 4.28. The van der Waals surface area contributed by atoms with Gasteiger partial charge in [-0.2, -0.15) is 5.10 Å². The molecule has 2 aromatic carbocycles. The molecule has 152 valence electrons. The zero-order valence-electron chi connectivity index (χ0n) is 17.2. The molecule has 0 bridgehead atoms. The largest absolute Gasteiger partial charge is 0.420 e. The van der Waals surface area contributed by atoms with E-state index in [1.54, 1.807) is 19.1 Å². The van der Waals surface area contributed by atoms with Crippen molar-refractivity contribution in [3.05, 3.63) is 83.4 Å². The highest BCUT2D eigenvalue weighted by atomic mass is 16.4. The molecule has 0 fully saturated rings. The Morgan fingerprint density at radius 1 is 1.07 bits per heavy atom. The molecule has 0 aliphatic carbocycles. The summed E-state index contributed by atoms with van der Waals surface area (Å²) in [5.74, 6) is 1.02. The maximum atomic E-state index is 12.5. The lowest BCUT2D eigenvalue weighted by molar-refractivity contribution is 0.0951. The first-order valence-electron chi connectivity index (χ1n) is 9.84. The minimum Gasteiger partial charge on any atom is -0.420 e. The summed E-state index contributed by atoms with van der Waals surface area (Å²) in [5.41, 5.74) is 4.16. The molecule has 4 rings (SSSR count). The molecular weight excluding hydrogens is 378 g/mol. The molecule has 30 heavy (non-hydrogen) atoms. The highest BCUT2D eigenvalue weighted by Gasteiger charge is 2.17. The smallest absolute Gasteiger partial charge is 0.268 e. The fraction of sp³-hybridized carbons (Fsp3) is 0.217. The van der Waals surface area contributed by atoms with Gasteiger partial charge in [0.1, 0.15) is 5.69 Å². The number of hydrogen-bond donors (Lipinski definition) is 1. The van der Waals surface area contributed by atoms with Crippen molar-refractivity contribution in [2.24, 2.45) is 0 Å². The van der Waals surface area contributed by atoms with Gasteiger partial charge >= 0.3 is 0 Å². The molecule has 0 aliphatic heterocycles. The van der Waals surface area contributed by atoms with E-state index in [1.165, 1.54) is 0 Å². The van der Waals surface area contributed by atoms with E-state index in [9.17, 15) is 4.79 Å². The van der Waals surface area contributed by atoms with E-state index in [2.05, 4.69) is 34.5 Å². The minimum atomic E-state index is -0.114. The number of aromatic nitrogens is 4. The van der Waals surface area contributed by atoms with Gasteiger partial charge in [0.15, 0.2) is 0 Å². The molecule has 0 saturated carbocycles. The summed E-state index contributed by atoms with van der Waals surface area (Å²) < 4.78 is 7.37. The molecule has 0 atom stereocenters. The maximum absolute atomic E-state index is 12.5. The number of benzene rings is 2. The van der Waals surface area contributed by atoms with Crippen molar-refractivity contribution in [1.29, 1.82) is 0 Å². The third-order valence-electron chi connectivity index (χ3n) is 4.74. The molecular formula is C23H23N5O2. The fourth-order valence-electron chi connectivity index (χ4n) is 3.15. The first kappa shape index (κ1) is 19.6. The van der Waals surface area contributed by atoms with Crippen molar-refractivity contribution in [2.75, 3.05) is 0 Å². The second kappa shape index (κ2) is 8.32. The van der Waals surface area contributed by atoms with Crippen molar-refractivity contribution in [3.8, 4) is 17.3 Å². The van der Waals surface area contributed by atoms with Crippen molar-refractivity contribution in [3.63, 3.8) is 0 Å². The van der Waals surface area contributed by atoms with Crippen LogP contribution in [0.25, 0.3) is 17.3 Å². The monoisotopic (exact) mass is 401 g/mol. The molecule has 2 aromatic heterocycles. The number of amides is 1. The first-order chi connectivity index (χ1) is 14.5. The Morgan fingerprint density at radius 3 is 2.43 bits per heavy atom. The van der Waals surface area contributed by atoms with Gasteiger partial charge in [-0.05, 0) is 41.8 Å². The SMILES string of the molecule is Cc1nnc(-c2cc(C(C)C)n(-c3ccc(C(=O)NCc4ccccc4)cc3)n2)o1. The Balaban J connectivity index is 1.54. The number of hydrogen-bond acceptors (Lipinski definition) is 5. The quantitative estimate of drug-likeness (QED) is 0.521. The normalized spacial score (nSPS) is 11.1. The van der Waals surface area contributed by atoms with Gasteiger partial charge in [-0.25, -0.2) is 4.68 Å². The second-order valence-electron chi connectivity index (χ2n) is 7.36. The minimum absolute atomic E-state index is 0.114. The number of nitrogens with zero attached hydrogens (tertiary/aromatic N) is 4. The standard InChI is InChI=1S/C23H23N5O2/c1-15(2)21-13-20(23-26-25-16(3)30-23)27-28(21)19-11-9-18(10-12-19)22(29)24-14-17-7-5-4-6-8-17/h4-13,15H,14H2,1-3H3,(H,24,29). The molecule has 2 heterocycles. The molecule has 0 spiro atoms. The van der Waals surface area contributed by atoms with Crippen molar-refractivity contribution >= 4 is 5.91 Å². The lowest BCUT2D eigenvalue weighted by Crippen LogP contribution is -2.22. The molecule has 4 aromatic rings. The fourth-order valence-corrected chi connectivity index (χ4v) is 3.15. The predicted molar refractivity (Wildman–Crippen MR) is 113 cm³/mol. The molecule has 0 radical (unpaired) electrons. The van der Waals surface area contributed by atoms with Gasteiger partial charge < -0.3 is 9.73 Å². The molecule has 0 aliphatic rings. The van der Waals surface area contributed by atoms with E-state index in [-0.39, 0.29) is 11.8 Å². The summed E-state index contributed by atoms with van der Waals surface area (Å²) in [6, 6.07) is 19.2. The summed E-state index contributed by atoms with van der Waals surface area (Å²) in [6.07, 6.45) is 0. The maximum Gasteiger partial charge on any atom is 0.268 e. The topological polar surface area (TPSA) is 85.8 Å². The van der Waals surface area contributed by atoms with Crippen LogP contribution in [0.2, 0.25) is 0 Å².